The smallest absolute Gasteiger partial charge is 0.335 e. The summed E-state index contributed by atoms with van der Waals surface area (Å²) in [7, 11) is 0. The van der Waals surface area contributed by atoms with Gasteiger partial charge in [-0.15, -0.1) is 0 Å². The van der Waals surface area contributed by atoms with Gasteiger partial charge in [0.05, 0.1) is 22.4 Å². The minimum Gasteiger partial charge on any atom is -0.478 e. The number of nitrogens with one attached hydrogen (secondary N) is 1. The summed E-state index contributed by atoms with van der Waals surface area (Å²) >= 11 is 6.09. The molecule has 0 bridgehead atoms. The minimum absolute atomic E-state index is 0.0808. The molecule has 2 aromatic carbocycles. The zero-order valence-electron chi connectivity index (χ0n) is 14.6. The molecule has 0 spiro atoms. The van der Waals surface area contributed by atoms with Gasteiger partial charge in [0.1, 0.15) is 6.23 Å². The second-order valence-corrected chi connectivity index (χ2v) is 6.56. The van der Waals surface area contributed by atoms with Crippen molar-refractivity contribution in [2.45, 2.75) is 26.2 Å². The average Bonchev–Trinajstić information content (AvgIpc) is 2.57. The molecule has 0 radical (unpaired) electrons. The van der Waals surface area contributed by atoms with Crippen molar-refractivity contribution in [2.75, 3.05) is 5.32 Å². The topological polar surface area (TPSA) is 89.8 Å². The lowest BCUT2D eigenvalue weighted by molar-refractivity contribution is 0.0697. The van der Waals surface area contributed by atoms with Crippen LogP contribution in [0, 0.1) is 5.92 Å². The van der Waals surface area contributed by atoms with E-state index in [2.05, 4.69) is 5.32 Å². The van der Waals surface area contributed by atoms with Crippen LogP contribution in [0.4, 0.5) is 5.69 Å². The number of carboxylic acids is 1. The van der Waals surface area contributed by atoms with E-state index in [1.165, 1.54) is 18.2 Å². The Bertz CT molecular complexity index is 895. The number of rotatable bonds is 6. The molecule has 0 aliphatic carbocycles. The second-order valence-electron chi connectivity index (χ2n) is 6.15. The Hall–Kier alpha value is -2.34. The first kappa shape index (κ1) is 20.0. The number of aromatic carboxylic acids is 1. The molecule has 0 aliphatic heterocycles. The summed E-state index contributed by atoms with van der Waals surface area (Å²) in [5, 5.41) is 33.9. The summed E-state index contributed by atoms with van der Waals surface area (Å²) in [4.78, 5) is 11.0. The molecule has 5 nitrogen and oxygen atoms in total. The van der Waals surface area contributed by atoms with E-state index in [9.17, 15) is 15.0 Å². The summed E-state index contributed by atoms with van der Waals surface area (Å²) < 4.78 is 0. The zero-order chi connectivity index (χ0) is 19.3. The Kier molecular flexibility index (Phi) is 6.80. The van der Waals surface area contributed by atoms with Crippen molar-refractivity contribution in [3.63, 3.8) is 0 Å². The number of carboxylic acid groups (broad SMARTS) is 1. The van der Waals surface area contributed by atoms with Gasteiger partial charge >= 0.3 is 5.97 Å². The highest BCUT2D eigenvalue weighted by Gasteiger charge is 2.14. The first-order valence-electron chi connectivity index (χ1n) is 8.22. The van der Waals surface area contributed by atoms with Crippen molar-refractivity contribution in [1.29, 1.82) is 0 Å². The van der Waals surface area contributed by atoms with Crippen LogP contribution >= 0.6 is 11.6 Å². The maximum atomic E-state index is 11.0. The Morgan fingerprint density at radius 3 is 2.23 bits per heavy atom. The summed E-state index contributed by atoms with van der Waals surface area (Å²) in [6, 6.07) is 11.9. The summed E-state index contributed by atoms with van der Waals surface area (Å²) in [5.74, 6) is -1.33. The van der Waals surface area contributed by atoms with Crippen LogP contribution in [0.3, 0.4) is 0 Å². The molecular weight excluding hydrogens is 354 g/mol. The van der Waals surface area contributed by atoms with Gasteiger partial charge in [-0.1, -0.05) is 48.9 Å². The second kappa shape index (κ2) is 8.85. The van der Waals surface area contributed by atoms with Crippen molar-refractivity contribution >= 4 is 35.4 Å². The van der Waals surface area contributed by atoms with E-state index < -0.39 is 18.3 Å². The molecule has 3 atom stereocenters. The van der Waals surface area contributed by atoms with Crippen LogP contribution < -0.4 is 15.8 Å². The van der Waals surface area contributed by atoms with Gasteiger partial charge in [-0.2, -0.15) is 0 Å². The average molecular weight is 376 g/mol. The highest BCUT2D eigenvalue weighted by molar-refractivity contribution is 6.33. The monoisotopic (exact) mass is 375 g/mol. The summed E-state index contributed by atoms with van der Waals surface area (Å²) in [6.07, 6.45) is 2.13. The number of aliphatic hydroxyl groups excluding tert-OH is 2. The molecule has 0 saturated heterocycles. The Balaban J connectivity index is 2.24. The van der Waals surface area contributed by atoms with Crippen LogP contribution in [0.1, 0.15) is 24.2 Å². The molecule has 0 amide bonds. The number of halogens is 1. The fourth-order valence-electron chi connectivity index (χ4n) is 2.50. The van der Waals surface area contributed by atoms with Gasteiger partial charge in [-0.05, 0) is 41.6 Å². The molecule has 0 fully saturated rings. The van der Waals surface area contributed by atoms with Crippen molar-refractivity contribution < 1.29 is 20.1 Å². The van der Waals surface area contributed by atoms with Gasteiger partial charge in [-0.25, -0.2) is 4.79 Å². The molecule has 2 aromatic rings. The third-order valence-electron chi connectivity index (χ3n) is 3.88. The lowest BCUT2D eigenvalue weighted by atomic mass is 10.1. The number of aliphatic hydroxyl groups is 2. The van der Waals surface area contributed by atoms with Gasteiger partial charge in [0.2, 0.25) is 0 Å². The van der Waals surface area contributed by atoms with Gasteiger partial charge in [0, 0.05) is 5.92 Å². The number of hydrogen-bond acceptors (Lipinski definition) is 4. The summed E-state index contributed by atoms with van der Waals surface area (Å²) in [6.45, 7) is 3.52. The Labute approximate surface area is 156 Å². The van der Waals surface area contributed by atoms with Crippen molar-refractivity contribution in [1.82, 2.24) is 0 Å². The molecule has 0 saturated carbocycles. The van der Waals surface area contributed by atoms with Gasteiger partial charge in [0.25, 0.3) is 0 Å². The van der Waals surface area contributed by atoms with E-state index in [-0.39, 0.29) is 16.5 Å². The number of carbonyl (C=O) groups is 1. The molecule has 138 valence electrons. The fraction of sp³-hybridized carbons (Fsp3) is 0.250. The van der Waals surface area contributed by atoms with Gasteiger partial charge < -0.3 is 20.6 Å². The first-order chi connectivity index (χ1) is 12.3. The van der Waals surface area contributed by atoms with Crippen LogP contribution in [-0.2, 0) is 0 Å². The van der Waals surface area contributed by atoms with E-state index in [1.807, 2.05) is 37.3 Å². The first-order valence-corrected chi connectivity index (χ1v) is 8.60. The maximum Gasteiger partial charge on any atom is 0.335 e. The predicted molar refractivity (Wildman–Crippen MR) is 104 cm³/mol. The van der Waals surface area contributed by atoms with Crippen LogP contribution in [0.5, 0.6) is 0 Å². The number of anilines is 1. The molecule has 4 N–H and O–H groups in total. The highest BCUT2D eigenvalue weighted by atomic mass is 35.5. The van der Waals surface area contributed by atoms with Crippen molar-refractivity contribution in [3.8, 4) is 0 Å². The normalized spacial score (nSPS) is 16.2. The Morgan fingerprint density at radius 1 is 1.08 bits per heavy atom. The van der Waals surface area contributed by atoms with E-state index >= 15 is 0 Å². The predicted octanol–water partition coefficient (Wildman–Crippen LogP) is 2.05. The zero-order valence-corrected chi connectivity index (χ0v) is 15.3. The third-order valence-corrected chi connectivity index (χ3v) is 4.19. The van der Waals surface area contributed by atoms with Crippen LogP contribution in [0.15, 0.2) is 42.5 Å². The SMILES string of the molecule is CC(O)C=c1ccccc1=CC(C)C(O)Nc1ccc(C(=O)O)cc1Cl. The number of benzene rings is 2. The van der Waals surface area contributed by atoms with E-state index in [0.717, 1.165) is 10.4 Å². The largest absolute Gasteiger partial charge is 0.478 e. The molecule has 2 rings (SSSR count). The molecule has 3 unspecified atom stereocenters. The quantitative estimate of drug-likeness (QED) is 0.580. The van der Waals surface area contributed by atoms with E-state index in [0.29, 0.717) is 5.69 Å². The number of hydrogen-bond donors (Lipinski definition) is 4. The molecule has 0 aliphatic rings. The summed E-state index contributed by atoms with van der Waals surface area (Å²) in [5.41, 5.74) is 0.533. The molecule has 0 aromatic heterocycles. The fourth-order valence-corrected chi connectivity index (χ4v) is 2.74. The lowest BCUT2D eigenvalue weighted by Gasteiger charge is -2.19. The van der Waals surface area contributed by atoms with Crippen LogP contribution in [0.25, 0.3) is 12.2 Å². The van der Waals surface area contributed by atoms with E-state index in [1.54, 1.807) is 13.0 Å². The Morgan fingerprint density at radius 2 is 1.69 bits per heavy atom. The molecular formula is C20H22ClNO4. The van der Waals surface area contributed by atoms with Crippen LogP contribution in [-0.4, -0.2) is 33.6 Å². The van der Waals surface area contributed by atoms with Gasteiger partial charge in [0.15, 0.2) is 0 Å². The van der Waals surface area contributed by atoms with Crippen molar-refractivity contribution in [2.24, 2.45) is 5.92 Å². The third kappa shape index (κ3) is 5.33. The minimum atomic E-state index is -1.06. The molecule has 0 heterocycles. The molecule has 26 heavy (non-hydrogen) atoms. The van der Waals surface area contributed by atoms with Crippen LogP contribution in [0.2, 0.25) is 5.02 Å². The highest BCUT2D eigenvalue weighted by Crippen LogP contribution is 2.24. The maximum absolute atomic E-state index is 11.0. The van der Waals surface area contributed by atoms with Crippen molar-refractivity contribution in [3.05, 3.63) is 63.5 Å². The standard InChI is InChI=1S/C20H22ClNO4/c1-12(9-14-5-3-4-6-15(14)10-13(2)23)19(24)22-18-8-7-16(20(25)26)11-17(18)21/h3-13,19,22-24H,1-2H3,(H,25,26). The molecule has 6 heteroatoms. The van der Waals surface area contributed by atoms with Gasteiger partial charge in [-0.3, -0.25) is 0 Å². The lowest BCUT2D eigenvalue weighted by Crippen LogP contribution is -2.31. The van der Waals surface area contributed by atoms with E-state index in [4.69, 9.17) is 16.7 Å².